The summed E-state index contributed by atoms with van der Waals surface area (Å²) in [5, 5.41) is 0. The van der Waals surface area contributed by atoms with E-state index in [9.17, 15) is 4.79 Å². The highest BCUT2D eigenvalue weighted by Crippen LogP contribution is 2.21. The normalized spacial score (nSPS) is 19.8. The molecule has 0 aliphatic carbocycles. The molecule has 1 atom stereocenters. The largest absolute Gasteiger partial charge is 0.298 e. The topological polar surface area (TPSA) is 20.3 Å². The van der Waals surface area contributed by atoms with Crippen molar-refractivity contribution in [2.24, 2.45) is 0 Å². The lowest BCUT2D eigenvalue weighted by atomic mass is 10.1. The van der Waals surface area contributed by atoms with Crippen molar-refractivity contribution in [2.45, 2.75) is 18.9 Å². The Balaban J connectivity index is 1.80. The lowest BCUT2D eigenvalue weighted by Crippen LogP contribution is -2.36. The number of thioether (sulfide) groups is 1. The summed E-state index contributed by atoms with van der Waals surface area (Å²) in [5.74, 6) is 2.73. The summed E-state index contributed by atoms with van der Waals surface area (Å²) in [5.41, 5.74) is 1.12. The number of likely N-dealkylation sites (N-methyl/N-ethyl adjacent to an activating group) is 1. The molecule has 2 rings (SSSR count). The molecule has 0 radical (unpaired) electrons. The minimum atomic E-state index is 0.315. The van der Waals surface area contributed by atoms with Crippen LogP contribution in [0.3, 0.4) is 0 Å². The van der Waals surface area contributed by atoms with Crippen molar-refractivity contribution in [1.82, 2.24) is 4.90 Å². The van der Waals surface area contributed by atoms with E-state index in [4.69, 9.17) is 0 Å². The Bertz CT molecular complexity index is 360. The predicted molar refractivity (Wildman–Crippen MR) is 73.5 cm³/mol. The van der Waals surface area contributed by atoms with Crippen LogP contribution in [-0.2, 0) is 11.2 Å². The first-order valence-electron chi connectivity index (χ1n) is 6.09. The fourth-order valence-electron chi connectivity index (χ4n) is 2.16. The fourth-order valence-corrected chi connectivity index (χ4v) is 3.46. The van der Waals surface area contributed by atoms with Crippen LogP contribution in [0.15, 0.2) is 30.3 Å². The third-order valence-corrected chi connectivity index (χ3v) is 4.34. The molecule has 0 aromatic heterocycles. The van der Waals surface area contributed by atoms with Crippen LogP contribution in [0.4, 0.5) is 0 Å². The molecule has 0 amide bonds. The van der Waals surface area contributed by atoms with Gasteiger partial charge < -0.3 is 0 Å². The molecule has 1 aliphatic heterocycles. The van der Waals surface area contributed by atoms with Crippen LogP contribution in [0.5, 0.6) is 0 Å². The summed E-state index contributed by atoms with van der Waals surface area (Å²) in [7, 11) is 2.07. The van der Waals surface area contributed by atoms with Crippen molar-refractivity contribution < 1.29 is 4.79 Å². The molecule has 1 fully saturated rings. The summed E-state index contributed by atoms with van der Waals surface area (Å²) >= 11 is 1.99. The van der Waals surface area contributed by atoms with E-state index >= 15 is 0 Å². The molecule has 17 heavy (non-hydrogen) atoms. The quantitative estimate of drug-likeness (QED) is 0.798. The van der Waals surface area contributed by atoms with Crippen molar-refractivity contribution in [3.8, 4) is 0 Å². The summed E-state index contributed by atoms with van der Waals surface area (Å²) in [6, 6.07) is 10.6. The second-order valence-corrected chi connectivity index (χ2v) is 5.78. The minimum absolute atomic E-state index is 0.315. The molecular formula is C14H19NOS. The smallest absolute Gasteiger partial charge is 0.151 e. The fraction of sp³-hybridized carbons (Fsp3) is 0.500. The predicted octanol–water partition coefficient (Wildman–Crippen LogP) is 2.24. The van der Waals surface area contributed by atoms with E-state index in [-0.39, 0.29) is 0 Å². The number of rotatable bonds is 5. The Morgan fingerprint density at radius 2 is 2.18 bits per heavy atom. The maximum Gasteiger partial charge on any atom is 0.151 e. The van der Waals surface area contributed by atoms with Crippen molar-refractivity contribution >= 4 is 17.5 Å². The lowest BCUT2D eigenvalue weighted by Gasteiger charge is -2.22. The standard InChI is InChI=1S/C14H19NOS/c1-15(13-7-8-17-11-13)10-14(16)9-12-5-3-2-4-6-12/h2-6,13H,7-11H2,1H3. The number of hydrogen-bond donors (Lipinski definition) is 0. The third kappa shape index (κ3) is 3.86. The van der Waals surface area contributed by atoms with E-state index in [1.807, 2.05) is 42.1 Å². The highest BCUT2D eigenvalue weighted by Gasteiger charge is 2.21. The lowest BCUT2D eigenvalue weighted by molar-refractivity contribution is -0.119. The van der Waals surface area contributed by atoms with E-state index < -0.39 is 0 Å². The summed E-state index contributed by atoms with van der Waals surface area (Å²) in [6.07, 6.45) is 1.78. The number of hydrogen-bond acceptors (Lipinski definition) is 3. The van der Waals surface area contributed by atoms with Gasteiger partial charge in [0.2, 0.25) is 0 Å². The van der Waals surface area contributed by atoms with Gasteiger partial charge in [0.15, 0.2) is 5.78 Å². The van der Waals surface area contributed by atoms with Gasteiger partial charge in [-0.25, -0.2) is 0 Å². The van der Waals surface area contributed by atoms with Gasteiger partial charge in [-0.05, 0) is 24.8 Å². The van der Waals surface area contributed by atoms with Crippen LogP contribution in [-0.4, -0.2) is 41.8 Å². The van der Waals surface area contributed by atoms with Crippen LogP contribution >= 0.6 is 11.8 Å². The van der Waals surface area contributed by atoms with Crippen LogP contribution in [0.1, 0.15) is 12.0 Å². The maximum atomic E-state index is 11.9. The van der Waals surface area contributed by atoms with Gasteiger partial charge in [-0.2, -0.15) is 11.8 Å². The zero-order valence-electron chi connectivity index (χ0n) is 10.3. The van der Waals surface area contributed by atoms with Gasteiger partial charge >= 0.3 is 0 Å². The van der Waals surface area contributed by atoms with Crippen molar-refractivity contribution in [3.63, 3.8) is 0 Å². The summed E-state index contributed by atoms with van der Waals surface area (Å²) in [4.78, 5) is 14.1. The number of ketones is 1. The maximum absolute atomic E-state index is 11.9. The van der Waals surface area contributed by atoms with E-state index in [0.29, 0.717) is 24.8 Å². The third-order valence-electron chi connectivity index (χ3n) is 3.20. The van der Waals surface area contributed by atoms with Gasteiger partial charge in [-0.3, -0.25) is 9.69 Å². The highest BCUT2D eigenvalue weighted by molar-refractivity contribution is 7.99. The Labute approximate surface area is 107 Å². The van der Waals surface area contributed by atoms with Gasteiger partial charge in [0.25, 0.3) is 0 Å². The molecular weight excluding hydrogens is 230 g/mol. The van der Waals surface area contributed by atoms with E-state index in [2.05, 4.69) is 11.9 Å². The molecule has 0 N–H and O–H groups in total. The van der Waals surface area contributed by atoms with Gasteiger partial charge in [0, 0.05) is 18.2 Å². The highest BCUT2D eigenvalue weighted by atomic mass is 32.2. The first-order valence-corrected chi connectivity index (χ1v) is 7.25. The Kier molecular flexibility index (Phi) is 4.63. The first kappa shape index (κ1) is 12.7. The Morgan fingerprint density at radius 3 is 2.82 bits per heavy atom. The van der Waals surface area contributed by atoms with E-state index in [1.54, 1.807) is 0 Å². The molecule has 3 heteroatoms. The van der Waals surface area contributed by atoms with Gasteiger partial charge in [0.1, 0.15) is 0 Å². The summed E-state index contributed by atoms with van der Waals surface area (Å²) in [6.45, 7) is 0.583. The number of benzene rings is 1. The average molecular weight is 249 g/mol. The van der Waals surface area contributed by atoms with Crippen LogP contribution in [0, 0.1) is 0 Å². The van der Waals surface area contributed by atoms with Gasteiger partial charge in [-0.15, -0.1) is 0 Å². The van der Waals surface area contributed by atoms with E-state index in [0.717, 1.165) is 5.56 Å². The molecule has 0 bridgehead atoms. The monoisotopic (exact) mass is 249 g/mol. The van der Waals surface area contributed by atoms with Crippen LogP contribution in [0.25, 0.3) is 0 Å². The van der Waals surface area contributed by atoms with Crippen LogP contribution < -0.4 is 0 Å². The van der Waals surface area contributed by atoms with Crippen molar-refractivity contribution in [1.29, 1.82) is 0 Å². The van der Waals surface area contributed by atoms with Crippen molar-refractivity contribution in [2.75, 3.05) is 25.1 Å². The number of nitrogens with zero attached hydrogens (tertiary/aromatic N) is 1. The summed E-state index contributed by atoms with van der Waals surface area (Å²) < 4.78 is 0. The Morgan fingerprint density at radius 1 is 1.41 bits per heavy atom. The zero-order valence-corrected chi connectivity index (χ0v) is 11.1. The first-order chi connectivity index (χ1) is 8.25. The number of carbonyl (C=O) groups is 1. The second-order valence-electron chi connectivity index (χ2n) is 4.63. The number of Topliss-reactive ketones (excluding diaryl/α,β-unsaturated/α-hetero) is 1. The SMILES string of the molecule is CN(CC(=O)Cc1ccccc1)C1CCSC1. The molecule has 0 spiro atoms. The molecule has 92 valence electrons. The minimum Gasteiger partial charge on any atom is -0.298 e. The number of carbonyl (C=O) groups excluding carboxylic acids is 1. The molecule has 1 aromatic rings. The molecule has 1 saturated heterocycles. The van der Waals surface area contributed by atoms with Gasteiger partial charge in [0.05, 0.1) is 6.54 Å². The molecule has 1 heterocycles. The van der Waals surface area contributed by atoms with Crippen molar-refractivity contribution in [3.05, 3.63) is 35.9 Å². The van der Waals surface area contributed by atoms with Gasteiger partial charge in [-0.1, -0.05) is 30.3 Å². The Hall–Kier alpha value is -0.800. The zero-order chi connectivity index (χ0) is 12.1. The molecule has 2 nitrogen and oxygen atoms in total. The van der Waals surface area contributed by atoms with E-state index in [1.165, 1.54) is 17.9 Å². The molecule has 0 saturated carbocycles. The molecule has 1 aromatic carbocycles. The van der Waals surface area contributed by atoms with Crippen LogP contribution in [0.2, 0.25) is 0 Å². The second kappa shape index (κ2) is 6.22. The average Bonchev–Trinajstić information content (AvgIpc) is 2.83. The molecule has 1 unspecified atom stereocenters. The molecule has 1 aliphatic rings.